The quantitative estimate of drug-likeness (QED) is 0.366. The van der Waals surface area contributed by atoms with E-state index in [2.05, 4.69) is 38.0 Å². The Kier molecular flexibility index (Phi) is 8.69. The number of carbonyl (C=O) groups excluding carboxylic acids is 1. The van der Waals surface area contributed by atoms with Gasteiger partial charge in [-0.3, -0.25) is 9.89 Å². The first-order valence-electron chi connectivity index (χ1n) is 10.2. The summed E-state index contributed by atoms with van der Waals surface area (Å²) in [7, 11) is 4.64. The molecule has 0 spiro atoms. The van der Waals surface area contributed by atoms with Gasteiger partial charge in [0.15, 0.2) is 5.96 Å². The highest BCUT2D eigenvalue weighted by molar-refractivity contribution is 7.10. The molecule has 0 amide bonds. The maximum absolute atomic E-state index is 12.0. The van der Waals surface area contributed by atoms with Gasteiger partial charge in [0, 0.05) is 38.1 Å². The predicted octanol–water partition coefficient (Wildman–Crippen LogP) is 2.28. The molecule has 168 valence electrons. The van der Waals surface area contributed by atoms with Gasteiger partial charge in [-0.1, -0.05) is 12.1 Å². The van der Waals surface area contributed by atoms with Crippen molar-refractivity contribution in [2.24, 2.45) is 4.99 Å². The van der Waals surface area contributed by atoms with Crippen LogP contribution in [0, 0.1) is 0 Å². The van der Waals surface area contributed by atoms with Crippen molar-refractivity contribution in [3.8, 4) is 5.75 Å². The topological polar surface area (TPSA) is 84.4 Å². The van der Waals surface area contributed by atoms with Gasteiger partial charge in [0.1, 0.15) is 11.3 Å². The minimum absolute atomic E-state index is 0.259. The molecule has 1 atom stereocenters. The number of benzene rings is 1. The van der Waals surface area contributed by atoms with E-state index in [-0.39, 0.29) is 6.04 Å². The molecule has 2 heterocycles. The van der Waals surface area contributed by atoms with E-state index in [0.717, 1.165) is 38.4 Å². The van der Waals surface area contributed by atoms with Crippen LogP contribution in [0.3, 0.4) is 0 Å². The third kappa shape index (κ3) is 6.19. The number of nitrogens with zero attached hydrogens (tertiary/aromatic N) is 2. The first kappa shape index (κ1) is 23.1. The molecule has 3 rings (SSSR count). The second-order valence-electron chi connectivity index (χ2n) is 7.01. The minimum Gasteiger partial charge on any atom is -0.496 e. The molecule has 8 nitrogen and oxygen atoms in total. The Morgan fingerprint density at radius 1 is 1.26 bits per heavy atom. The van der Waals surface area contributed by atoms with Gasteiger partial charge in [-0.25, -0.2) is 4.79 Å². The highest BCUT2D eigenvalue weighted by atomic mass is 32.1. The highest BCUT2D eigenvalue weighted by Gasteiger charge is 2.23. The minimum atomic E-state index is -0.425. The molecule has 1 aliphatic rings. The zero-order valence-electron chi connectivity index (χ0n) is 18.2. The first-order valence-corrected chi connectivity index (χ1v) is 11.1. The number of rotatable bonds is 8. The summed E-state index contributed by atoms with van der Waals surface area (Å²) in [5.41, 5.74) is 1.32. The zero-order valence-corrected chi connectivity index (χ0v) is 19.0. The first-order chi connectivity index (χ1) is 15.2. The second kappa shape index (κ2) is 11.7. The third-order valence-electron chi connectivity index (χ3n) is 5.17. The van der Waals surface area contributed by atoms with Crippen molar-refractivity contribution in [1.82, 2.24) is 15.5 Å². The fourth-order valence-electron chi connectivity index (χ4n) is 3.51. The number of morpholine rings is 1. The number of carbonyl (C=O) groups is 1. The summed E-state index contributed by atoms with van der Waals surface area (Å²) in [5.74, 6) is 0.762. The van der Waals surface area contributed by atoms with Crippen LogP contribution in [0.4, 0.5) is 0 Å². The van der Waals surface area contributed by atoms with Crippen LogP contribution in [0.1, 0.15) is 26.8 Å². The fraction of sp³-hybridized carbons (Fsp3) is 0.455. The van der Waals surface area contributed by atoms with Crippen LogP contribution < -0.4 is 15.4 Å². The van der Waals surface area contributed by atoms with Crippen LogP contribution in [0.25, 0.3) is 0 Å². The Balaban J connectivity index is 1.61. The van der Waals surface area contributed by atoms with Gasteiger partial charge in [-0.05, 0) is 29.1 Å². The van der Waals surface area contributed by atoms with Gasteiger partial charge >= 0.3 is 5.97 Å². The molecule has 1 aromatic heterocycles. The van der Waals surface area contributed by atoms with Crippen LogP contribution in [0.15, 0.2) is 40.7 Å². The summed E-state index contributed by atoms with van der Waals surface area (Å²) in [5, 5.41) is 8.87. The fourth-order valence-corrected chi connectivity index (χ4v) is 4.37. The van der Waals surface area contributed by atoms with Gasteiger partial charge in [-0.2, -0.15) is 0 Å². The molecule has 2 N–H and O–H groups in total. The lowest BCUT2D eigenvalue weighted by molar-refractivity contribution is 0.0177. The Hall–Kier alpha value is -2.62. The Labute approximate surface area is 187 Å². The van der Waals surface area contributed by atoms with Gasteiger partial charge in [0.05, 0.1) is 33.5 Å². The summed E-state index contributed by atoms with van der Waals surface area (Å²) in [6.07, 6.45) is 0. The number of hydrogen-bond donors (Lipinski definition) is 2. The average molecular weight is 447 g/mol. The molecule has 1 unspecified atom stereocenters. The Bertz CT molecular complexity index is 866. The van der Waals surface area contributed by atoms with Gasteiger partial charge in [-0.15, -0.1) is 11.3 Å². The molecule has 0 saturated carbocycles. The van der Waals surface area contributed by atoms with Crippen molar-refractivity contribution >= 4 is 23.3 Å². The smallest absolute Gasteiger partial charge is 0.341 e. The lowest BCUT2D eigenvalue weighted by Crippen LogP contribution is -2.46. The van der Waals surface area contributed by atoms with Crippen LogP contribution in [-0.4, -0.2) is 70.9 Å². The van der Waals surface area contributed by atoms with Crippen molar-refractivity contribution in [2.45, 2.75) is 12.6 Å². The van der Waals surface area contributed by atoms with E-state index in [0.29, 0.717) is 23.8 Å². The highest BCUT2D eigenvalue weighted by Crippen LogP contribution is 2.25. The molecule has 31 heavy (non-hydrogen) atoms. The van der Waals surface area contributed by atoms with Crippen molar-refractivity contribution in [3.63, 3.8) is 0 Å². The summed E-state index contributed by atoms with van der Waals surface area (Å²) in [6.45, 7) is 4.59. The largest absolute Gasteiger partial charge is 0.496 e. The molecular formula is C22H30N4O4S. The lowest BCUT2D eigenvalue weighted by atomic mass is 10.1. The van der Waals surface area contributed by atoms with E-state index in [4.69, 9.17) is 14.2 Å². The lowest BCUT2D eigenvalue weighted by Gasteiger charge is -2.34. The number of ether oxygens (including phenoxy) is 3. The number of guanidine groups is 1. The van der Waals surface area contributed by atoms with Crippen LogP contribution in [-0.2, 0) is 16.0 Å². The van der Waals surface area contributed by atoms with E-state index in [1.54, 1.807) is 30.5 Å². The van der Waals surface area contributed by atoms with Crippen LogP contribution in [0.2, 0.25) is 0 Å². The van der Waals surface area contributed by atoms with Crippen LogP contribution in [0.5, 0.6) is 5.75 Å². The zero-order chi connectivity index (χ0) is 22.1. The third-order valence-corrected chi connectivity index (χ3v) is 6.15. The molecule has 1 aliphatic heterocycles. The summed E-state index contributed by atoms with van der Waals surface area (Å²) in [4.78, 5) is 20.1. The number of nitrogens with one attached hydrogen (secondary N) is 2. The molecule has 2 aromatic rings. The number of esters is 1. The van der Waals surface area contributed by atoms with Gasteiger partial charge in [0.25, 0.3) is 0 Å². The molecule has 0 radical (unpaired) electrons. The normalized spacial score (nSPS) is 15.9. The maximum atomic E-state index is 12.0. The van der Waals surface area contributed by atoms with Gasteiger partial charge in [0.2, 0.25) is 0 Å². The number of thiophene rings is 1. The molecule has 1 aromatic carbocycles. The predicted molar refractivity (Wildman–Crippen MR) is 122 cm³/mol. The van der Waals surface area contributed by atoms with E-state index >= 15 is 0 Å². The Morgan fingerprint density at radius 2 is 2.06 bits per heavy atom. The summed E-state index contributed by atoms with van der Waals surface area (Å²) < 4.78 is 15.6. The van der Waals surface area contributed by atoms with E-state index < -0.39 is 5.97 Å². The summed E-state index contributed by atoms with van der Waals surface area (Å²) >= 11 is 1.77. The molecule has 0 bridgehead atoms. The second-order valence-corrected chi connectivity index (χ2v) is 7.99. The monoisotopic (exact) mass is 446 g/mol. The van der Waals surface area contributed by atoms with Crippen molar-refractivity contribution < 1.29 is 19.0 Å². The standard InChI is InChI=1S/C22H30N4O4S/c1-23-22(24-14-16-6-7-19(28-2)17(13-16)21(27)29-3)25-15-18(20-5-4-12-31-20)26-8-10-30-11-9-26/h4-7,12-13,18H,8-11,14-15H2,1-3H3,(H2,23,24,25). The van der Waals surface area contributed by atoms with E-state index in [1.807, 2.05) is 6.07 Å². The average Bonchev–Trinajstić information content (AvgIpc) is 3.35. The number of aliphatic imine (C=N–C) groups is 1. The molecular weight excluding hydrogens is 416 g/mol. The van der Waals surface area contributed by atoms with Gasteiger partial charge < -0.3 is 24.8 Å². The number of methoxy groups -OCH3 is 2. The van der Waals surface area contributed by atoms with E-state index in [1.165, 1.54) is 19.1 Å². The molecule has 0 aliphatic carbocycles. The van der Waals surface area contributed by atoms with Crippen molar-refractivity contribution in [2.75, 3.05) is 54.1 Å². The SMILES string of the molecule is CN=C(NCc1ccc(OC)c(C(=O)OC)c1)NCC(c1cccs1)N1CCOCC1. The number of hydrogen-bond acceptors (Lipinski definition) is 7. The molecule has 9 heteroatoms. The van der Waals surface area contributed by atoms with Crippen molar-refractivity contribution in [1.29, 1.82) is 0 Å². The maximum Gasteiger partial charge on any atom is 0.341 e. The van der Waals surface area contributed by atoms with Crippen molar-refractivity contribution in [3.05, 3.63) is 51.7 Å². The molecule has 1 saturated heterocycles. The molecule has 1 fully saturated rings. The Morgan fingerprint density at radius 3 is 2.71 bits per heavy atom. The van der Waals surface area contributed by atoms with Crippen LogP contribution >= 0.6 is 11.3 Å². The van der Waals surface area contributed by atoms with E-state index in [9.17, 15) is 4.79 Å². The summed E-state index contributed by atoms with van der Waals surface area (Å²) in [6, 6.07) is 9.97.